The average molecular weight is 380 g/mol. The molecule has 0 aliphatic carbocycles. The summed E-state index contributed by atoms with van der Waals surface area (Å²) in [5.41, 5.74) is 2.13. The number of hydrogen-bond acceptors (Lipinski definition) is 3. The molecule has 2 amide bonds. The second kappa shape index (κ2) is 9.38. The Kier molecular flexibility index (Phi) is 7.47. The number of amides is 2. The van der Waals surface area contributed by atoms with Crippen LogP contribution in [0.15, 0.2) is 24.3 Å². The van der Waals surface area contributed by atoms with E-state index in [4.69, 9.17) is 0 Å². The van der Waals surface area contributed by atoms with Gasteiger partial charge in [0.05, 0.1) is 5.92 Å². The van der Waals surface area contributed by atoms with Gasteiger partial charge in [-0.05, 0) is 50.4 Å². The molecule has 2 heterocycles. The number of nitrogens with one attached hydrogen (secondary N) is 1. The molecule has 2 aliphatic heterocycles. The number of nitrogens with zero attached hydrogens (tertiary/aromatic N) is 2. The molecule has 5 nitrogen and oxygen atoms in total. The number of hydrogen-bond donors (Lipinski definition) is 1. The van der Waals surface area contributed by atoms with Crippen molar-refractivity contribution in [2.45, 2.75) is 32.6 Å². The highest BCUT2D eigenvalue weighted by Gasteiger charge is 2.38. The molecule has 6 heteroatoms. The van der Waals surface area contributed by atoms with E-state index in [2.05, 4.69) is 18.3 Å². The Bertz CT molecular complexity index is 629. The van der Waals surface area contributed by atoms with Gasteiger partial charge in [-0.2, -0.15) is 0 Å². The summed E-state index contributed by atoms with van der Waals surface area (Å²) >= 11 is 0. The maximum absolute atomic E-state index is 12.9. The van der Waals surface area contributed by atoms with Crippen LogP contribution in [0.4, 0.5) is 5.69 Å². The number of likely N-dealkylation sites (tertiary alicyclic amines) is 1. The molecule has 0 bridgehead atoms. The van der Waals surface area contributed by atoms with Crippen LogP contribution in [0.1, 0.15) is 31.7 Å². The molecule has 2 fully saturated rings. The molecule has 1 aromatic carbocycles. The van der Waals surface area contributed by atoms with Gasteiger partial charge in [0.2, 0.25) is 11.8 Å². The number of carbonyl (C=O) groups excluding carboxylic acids is 2. The molecule has 1 atom stereocenters. The van der Waals surface area contributed by atoms with Crippen LogP contribution in [-0.2, 0) is 16.0 Å². The molecule has 0 radical (unpaired) electrons. The fourth-order valence-electron chi connectivity index (χ4n) is 4.08. The van der Waals surface area contributed by atoms with Crippen molar-refractivity contribution in [3.63, 3.8) is 0 Å². The number of aryl methyl sites for hydroxylation is 1. The topological polar surface area (TPSA) is 52.7 Å². The van der Waals surface area contributed by atoms with Crippen LogP contribution < -0.4 is 10.2 Å². The van der Waals surface area contributed by atoms with E-state index in [9.17, 15) is 9.59 Å². The highest BCUT2D eigenvalue weighted by Crippen LogP contribution is 2.30. The third-order valence-electron chi connectivity index (χ3n) is 5.56. The molecule has 0 aromatic heterocycles. The Labute approximate surface area is 162 Å². The van der Waals surface area contributed by atoms with E-state index in [1.54, 1.807) is 0 Å². The second-order valence-corrected chi connectivity index (χ2v) is 7.21. The maximum Gasteiger partial charge on any atom is 0.228 e. The summed E-state index contributed by atoms with van der Waals surface area (Å²) < 4.78 is 0. The largest absolute Gasteiger partial charge is 0.342 e. The molecule has 2 saturated heterocycles. The van der Waals surface area contributed by atoms with Gasteiger partial charge in [-0.1, -0.05) is 25.1 Å². The lowest BCUT2D eigenvalue weighted by atomic mass is 9.95. The van der Waals surface area contributed by atoms with Crippen LogP contribution in [0.2, 0.25) is 0 Å². The number of rotatable bonds is 5. The molecule has 0 spiro atoms. The smallest absolute Gasteiger partial charge is 0.228 e. The van der Waals surface area contributed by atoms with Gasteiger partial charge in [-0.3, -0.25) is 9.59 Å². The standard InChI is InChI=1S/C20H29N3O2.ClH/c1-3-16-6-4-5-7-18(16)23-14-17(12-19(23)24)20(25)22-10-8-15(9-11-22)13-21-2;/h4-7,15,17,21H,3,8-14H2,1-2H3;1H. The molecule has 1 N–H and O–H groups in total. The molecule has 2 aliphatic rings. The monoisotopic (exact) mass is 379 g/mol. The highest BCUT2D eigenvalue weighted by molar-refractivity contribution is 6.00. The Hall–Kier alpha value is -1.59. The molecule has 1 aromatic rings. The number of carbonyl (C=O) groups is 2. The van der Waals surface area contributed by atoms with Gasteiger partial charge < -0.3 is 15.1 Å². The van der Waals surface area contributed by atoms with Gasteiger partial charge in [-0.15, -0.1) is 12.4 Å². The zero-order valence-corrected chi connectivity index (χ0v) is 16.6. The maximum atomic E-state index is 12.9. The van der Waals surface area contributed by atoms with Crippen molar-refractivity contribution in [1.29, 1.82) is 0 Å². The molecule has 26 heavy (non-hydrogen) atoms. The number of anilines is 1. The summed E-state index contributed by atoms with van der Waals surface area (Å²) in [6, 6.07) is 8.02. The Morgan fingerprint density at radius 1 is 1.23 bits per heavy atom. The summed E-state index contributed by atoms with van der Waals surface area (Å²) in [4.78, 5) is 29.2. The molecule has 0 saturated carbocycles. The van der Waals surface area contributed by atoms with Gasteiger partial charge in [0.15, 0.2) is 0 Å². The van der Waals surface area contributed by atoms with Crippen molar-refractivity contribution < 1.29 is 9.59 Å². The summed E-state index contributed by atoms with van der Waals surface area (Å²) in [7, 11) is 1.98. The predicted molar refractivity (Wildman–Crippen MR) is 107 cm³/mol. The minimum absolute atomic E-state index is 0. The first-order valence-corrected chi connectivity index (χ1v) is 9.45. The number of halogens is 1. The minimum Gasteiger partial charge on any atom is -0.342 e. The van der Waals surface area contributed by atoms with Crippen molar-refractivity contribution in [2.75, 3.05) is 38.1 Å². The minimum atomic E-state index is -0.196. The SMILES string of the molecule is CCc1ccccc1N1CC(C(=O)N2CCC(CNC)CC2)CC1=O.Cl. The Balaban J connectivity index is 0.00000243. The van der Waals surface area contributed by atoms with Crippen molar-refractivity contribution >= 4 is 29.9 Å². The van der Waals surface area contributed by atoms with Gasteiger partial charge >= 0.3 is 0 Å². The third-order valence-corrected chi connectivity index (χ3v) is 5.56. The first kappa shape index (κ1) is 20.7. The first-order valence-electron chi connectivity index (χ1n) is 9.45. The van der Waals surface area contributed by atoms with Crippen LogP contribution in [0.25, 0.3) is 0 Å². The van der Waals surface area contributed by atoms with E-state index < -0.39 is 0 Å². The summed E-state index contributed by atoms with van der Waals surface area (Å²) in [6.45, 7) is 5.27. The summed E-state index contributed by atoms with van der Waals surface area (Å²) in [5.74, 6) is 0.697. The van der Waals surface area contributed by atoms with Crippen molar-refractivity contribution in [1.82, 2.24) is 10.2 Å². The number of benzene rings is 1. The van der Waals surface area contributed by atoms with E-state index in [0.717, 1.165) is 50.1 Å². The van der Waals surface area contributed by atoms with Gasteiger partial charge in [-0.25, -0.2) is 0 Å². The van der Waals surface area contributed by atoms with E-state index in [1.807, 2.05) is 35.0 Å². The predicted octanol–water partition coefficient (Wildman–Crippen LogP) is 2.48. The fraction of sp³-hybridized carbons (Fsp3) is 0.600. The molecule has 3 rings (SSSR count). The van der Waals surface area contributed by atoms with Crippen molar-refractivity contribution in [3.8, 4) is 0 Å². The van der Waals surface area contributed by atoms with Crippen LogP contribution in [0.3, 0.4) is 0 Å². The van der Waals surface area contributed by atoms with Gasteiger partial charge in [0.25, 0.3) is 0 Å². The van der Waals surface area contributed by atoms with E-state index >= 15 is 0 Å². The lowest BCUT2D eigenvalue weighted by molar-refractivity contribution is -0.137. The van der Waals surface area contributed by atoms with E-state index in [-0.39, 0.29) is 30.1 Å². The van der Waals surface area contributed by atoms with E-state index in [1.165, 1.54) is 0 Å². The Morgan fingerprint density at radius 2 is 1.92 bits per heavy atom. The van der Waals surface area contributed by atoms with E-state index in [0.29, 0.717) is 18.9 Å². The Morgan fingerprint density at radius 3 is 2.58 bits per heavy atom. The number of piperidine rings is 1. The van der Waals surface area contributed by atoms with Crippen LogP contribution in [-0.4, -0.2) is 49.9 Å². The average Bonchev–Trinajstić information content (AvgIpc) is 3.03. The molecular weight excluding hydrogens is 350 g/mol. The molecule has 1 unspecified atom stereocenters. The lowest BCUT2D eigenvalue weighted by Gasteiger charge is -2.33. The quantitative estimate of drug-likeness (QED) is 0.855. The van der Waals surface area contributed by atoms with Crippen molar-refractivity contribution in [3.05, 3.63) is 29.8 Å². The molecule has 144 valence electrons. The highest BCUT2D eigenvalue weighted by atomic mass is 35.5. The third kappa shape index (κ3) is 4.38. The van der Waals surface area contributed by atoms with Gasteiger partial charge in [0.1, 0.15) is 0 Å². The fourth-order valence-corrected chi connectivity index (χ4v) is 4.08. The molecular formula is C20H30ClN3O2. The normalized spacial score (nSPS) is 21.0. The van der Waals surface area contributed by atoms with Crippen LogP contribution in [0.5, 0.6) is 0 Å². The summed E-state index contributed by atoms with van der Waals surface area (Å²) in [5, 5.41) is 3.22. The first-order chi connectivity index (χ1) is 12.1. The second-order valence-electron chi connectivity index (χ2n) is 7.21. The van der Waals surface area contributed by atoms with Crippen LogP contribution in [0, 0.1) is 11.8 Å². The number of para-hydroxylation sites is 1. The van der Waals surface area contributed by atoms with Crippen molar-refractivity contribution in [2.24, 2.45) is 11.8 Å². The summed E-state index contributed by atoms with van der Waals surface area (Å²) in [6.07, 6.45) is 3.33. The van der Waals surface area contributed by atoms with Gasteiger partial charge in [0, 0.05) is 31.7 Å². The zero-order chi connectivity index (χ0) is 17.8. The lowest BCUT2D eigenvalue weighted by Crippen LogP contribution is -2.43. The zero-order valence-electron chi connectivity index (χ0n) is 15.7. The van der Waals surface area contributed by atoms with Crippen LogP contribution >= 0.6 is 12.4 Å².